The highest BCUT2D eigenvalue weighted by Gasteiger charge is 2.11. The maximum Gasteiger partial charge on any atom is 0.387 e. The van der Waals surface area contributed by atoms with Gasteiger partial charge in [0.05, 0.1) is 6.42 Å². The van der Waals surface area contributed by atoms with Gasteiger partial charge in [0, 0.05) is 11.8 Å². The molecular formula is C15H11F4NO2. The number of hydrogen-bond acceptors (Lipinski definition) is 2. The van der Waals surface area contributed by atoms with Crippen molar-refractivity contribution < 1.29 is 27.1 Å². The molecule has 0 aliphatic carbocycles. The summed E-state index contributed by atoms with van der Waals surface area (Å²) in [6.07, 6.45) is -0.103. The fourth-order valence-corrected chi connectivity index (χ4v) is 1.81. The van der Waals surface area contributed by atoms with Gasteiger partial charge in [-0.05, 0) is 29.8 Å². The minimum absolute atomic E-state index is 0.0838. The number of amides is 1. The van der Waals surface area contributed by atoms with E-state index in [0.717, 1.165) is 12.1 Å². The van der Waals surface area contributed by atoms with E-state index in [-0.39, 0.29) is 12.1 Å². The summed E-state index contributed by atoms with van der Waals surface area (Å²) in [5.74, 6) is -2.60. The SMILES string of the molecule is O=C(Cc1cccc(F)c1)Nc1ccc(OC(F)F)c(F)c1. The Morgan fingerprint density at radius 1 is 1.14 bits per heavy atom. The molecule has 2 aromatic carbocycles. The lowest BCUT2D eigenvalue weighted by Gasteiger charge is -2.09. The van der Waals surface area contributed by atoms with Crippen LogP contribution < -0.4 is 10.1 Å². The molecule has 22 heavy (non-hydrogen) atoms. The van der Waals surface area contributed by atoms with Crippen molar-refractivity contribution in [2.45, 2.75) is 13.0 Å². The van der Waals surface area contributed by atoms with E-state index in [0.29, 0.717) is 5.56 Å². The summed E-state index contributed by atoms with van der Waals surface area (Å²) in [5, 5.41) is 2.39. The van der Waals surface area contributed by atoms with E-state index in [1.54, 1.807) is 6.07 Å². The van der Waals surface area contributed by atoms with E-state index in [1.165, 1.54) is 24.3 Å². The van der Waals surface area contributed by atoms with Gasteiger partial charge in [0.15, 0.2) is 11.6 Å². The third-order valence-electron chi connectivity index (χ3n) is 2.69. The summed E-state index contributed by atoms with van der Waals surface area (Å²) in [7, 11) is 0. The molecule has 0 spiro atoms. The second kappa shape index (κ2) is 6.93. The molecule has 0 fully saturated rings. The molecule has 0 saturated carbocycles. The van der Waals surface area contributed by atoms with E-state index < -0.39 is 29.9 Å². The van der Waals surface area contributed by atoms with Crippen LogP contribution in [0.15, 0.2) is 42.5 Å². The van der Waals surface area contributed by atoms with Crippen molar-refractivity contribution in [3.05, 3.63) is 59.7 Å². The second-order valence-electron chi connectivity index (χ2n) is 4.38. The van der Waals surface area contributed by atoms with E-state index in [2.05, 4.69) is 10.1 Å². The number of carbonyl (C=O) groups is 1. The number of ether oxygens (including phenoxy) is 1. The molecule has 3 nitrogen and oxygen atoms in total. The normalized spacial score (nSPS) is 10.6. The standard InChI is InChI=1S/C15H11F4NO2/c16-10-3-1-2-9(6-10)7-14(21)20-11-4-5-13(12(17)8-11)22-15(18)19/h1-6,8,15H,7H2,(H,20,21). The van der Waals surface area contributed by atoms with Crippen LogP contribution >= 0.6 is 0 Å². The Morgan fingerprint density at radius 2 is 1.91 bits per heavy atom. The molecule has 0 aromatic heterocycles. The highest BCUT2D eigenvalue weighted by molar-refractivity contribution is 5.92. The third kappa shape index (κ3) is 4.47. The summed E-state index contributed by atoms with van der Waals surface area (Å²) >= 11 is 0. The Kier molecular flexibility index (Phi) is 4.98. The molecule has 0 heterocycles. The molecule has 0 unspecified atom stereocenters. The maximum absolute atomic E-state index is 13.5. The molecule has 0 bridgehead atoms. The summed E-state index contributed by atoms with van der Waals surface area (Å²) in [6, 6.07) is 8.57. The minimum Gasteiger partial charge on any atom is -0.432 e. The van der Waals surface area contributed by atoms with Crippen LogP contribution in [0.2, 0.25) is 0 Å². The first-order chi connectivity index (χ1) is 10.4. The molecule has 7 heteroatoms. The summed E-state index contributed by atoms with van der Waals surface area (Å²) in [4.78, 5) is 11.8. The zero-order chi connectivity index (χ0) is 16.1. The minimum atomic E-state index is -3.14. The van der Waals surface area contributed by atoms with Gasteiger partial charge in [0.25, 0.3) is 0 Å². The lowest BCUT2D eigenvalue weighted by atomic mass is 10.1. The van der Waals surface area contributed by atoms with Gasteiger partial charge < -0.3 is 10.1 Å². The summed E-state index contributed by atoms with van der Waals surface area (Å²) in [5.41, 5.74) is 0.538. The number of anilines is 1. The lowest BCUT2D eigenvalue weighted by molar-refractivity contribution is -0.115. The van der Waals surface area contributed by atoms with E-state index in [9.17, 15) is 22.4 Å². The molecule has 0 radical (unpaired) electrons. The Morgan fingerprint density at radius 3 is 2.55 bits per heavy atom. The molecule has 2 aromatic rings. The van der Waals surface area contributed by atoms with Gasteiger partial charge in [-0.25, -0.2) is 8.78 Å². The molecule has 1 amide bonds. The number of alkyl halides is 2. The van der Waals surface area contributed by atoms with Gasteiger partial charge in [-0.3, -0.25) is 4.79 Å². The van der Waals surface area contributed by atoms with Crippen molar-refractivity contribution in [2.75, 3.05) is 5.32 Å². The largest absolute Gasteiger partial charge is 0.432 e. The van der Waals surface area contributed by atoms with Crippen molar-refractivity contribution in [2.24, 2.45) is 0 Å². The molecule has 0 saturated heterocycles. The number of carbonyl (C=O) groups excluding carboxylic acids is 1. The molecule has 2 rings (SSSR count). The third-order valence-corrected chi connectivity index (χ3v) is 2.69. The van der Waals surface area contributed by atoms with Crippen LogP contribution in [0, 0.1) is 11.6 Å². The molecule has 0 aliphatic rings. The predicted molar refractivity (Wildman–Crippen MR) is 71.8 cm³/mol. The first-order valence-electron chi connectivity index (χ1n) is 6.22. The van der Waals surface area contributed by atoms with Crippen LogP contribution in [0.5, 0.6) is 5.75 Å². The molecule has 0 atom stereocenters. The summed E-state index contributed by atoms with van der Waals surface area (Å²) < 4.78 is 54.4. The van der Waals surface area contributed by atoms with E-state index in [4.69, 9.17) is 0 Å². The van der Waals surface area contributed by atoms with Crippen molar-refractivity contribution in [3.63, 3.8) is 0 Å². The first-order valence-corrected chi connectivity index (χ1v) is 6.22. The zero-order valence-electron chi connectivity index (χ0n) is 11.2. The lowest BCUT2D eigenvalue weighted by Crippen LogP contribution is -2.14. The van der Waals surface area contributed by atoms with Gasteiger partial charge in [-0.15, -0.1) is 0 Å². The Bertz CT molecular complexity index is 676. The average molecular weight is 313 g/mol. The van der Waals surface area contributed by atoms with Crippen molar-refractivity contribution >= 4 is 11.6 Å². The van der Waals surface area contributed by atoms with E-state index >= 15 is 0 Å². The van der Waals surface area contributed by atoms with Gasteiger partial charge in [0.2, 0.25) is 5.91 Å². The predicted octanol–water partition coefficient (Wildman–Crippen LogP) is 3.75. The molecule has 1 N–H and O–H groups in total. The number of halogens is 4. The smallest absolute Gasteiger partial charge is 0.387 e. The van der Waals surface area contributed by atoms with Crippen LogP contribution in [-0.4, -0.2) is 12.5 Å². The van der Waals surface area contributed by atoms with Gasteiger partial charge in [-0.1, -0.05) is 12.1 Å². The van der Waals surface area contributed by atoms with Crippen LogP contribution in [0.25, 0.3) is 0 Å². The quantitative estimate of drug-likeness (QED) is 0.854. The molecule has 0 aliphatic heterocycles. The topological polar surface area (TPSA) is 38.3 Å². The van der Waals surface area contributed by atoms with Crippen molar-refractivity contribution in [1.29, 1.82) is 0 Å². The van der Waals surface area contributed by atoms with Crippen LogP contribution in [-0.2, 0) is 11.2 Å². The monoisotopic (exact) mass is 313 g/mol. The van der Waals surface area contributed by atoms with Gasteiger partial charge in [0.1, 0.15) is 5.82 Å². The van der Waals surface area contributed by atoms with E-state index in [1.807, 2.05) is 0 Å². The van der Waals surface area contributed by atoms with Gasteiger partial charge >= 0.3 is 6.61 Å². The number of nitrogens with one attached hydrogen (secondary N) is 1. The van der Waals surface area contributed by atoms with Crippen LogP contribution in [0.4, 0.5) is 23.2 Å². The summed E-state index contributed by atoms with van der Waals surface area (Å²) in [6.45, 7) is -3.14. The Hall–Kier alpha value is -2.57. The number of benzene rings is 2. The first kappa shape index (κ1) is 15.8. The number of hydrogen-bond donors (Lipinski definition) is 1. The Labute approximate surface area is 123 Å². The van der Waals surface area contributed by atoms with Crippen molar-refractivity contribution in [3.8, 4) is 5.75 Å². The number of rotatable bonds is 5. The van der Waals surface area contributed by atoms with Crippen molar-refractivity contribution in [1.82, 2.24) is 0 Å². The van der Waals surface area contributed by atoms with Crippen LogP contribution in [0.3, 0.4) is 0 Å². The highest BCUT2D eigenvalue weighted by Crippen LogP contribution is 2.23. The maximum atomic E-state index is 13.5. The zero-order valence-corrected chi connectivity index (χ0v) is 11.2. The van der Waals surface area contributed by atoms with Gasteiger partial charge in [-0.2, -0.15) is 8.78 Å². The Balaban J connectivity index is 2.01. The average Bonchev–Trinajstić information content (AvgIpc) is 2.41. The highest BCUT2D eigenvalue weighted by atomic mass is 19.3. The fourth-order valence-electron chi connectivity index (χ4n) is 1.81. The molecule has 116 valence electrons. The fraction of sp³-hybridized carbons (Fsp3) is 0.133. The molecular weight excluding hydrogens is 302 g/mol. The van der Waals surface area contributed by atoms with Crippen LogP contribution in [0.1, 0.15) is 5.56 Å². The second-order valence-corrected chi connectivity index (χ2v) is 4.38.